The van der Waals surface area contributed by atoms with Crippen LogP contribution >= 0.6 is 11.8 Å². The Morgan fingerprint density at radius 2 is 2.53 bits per heavy atom. The molecule has 2 rings (SSSR count). The first-order valence-electron chi connectivity index (χ1n) is 5.32. The molecule has 0 radical (unpaired) electrons. The molecule has 3 nitrogen and oxygen atoms in total. The van der Waals surface area contributed by atoms with Crippen molar-refractivity contribution in [2.45, 2.75) is 24.1 Å². The van der Waals surface area contributed by atoms with Crippen LogP contribution < -0.4 is 11.1 Å². The fraction of sp³-hybridized carbons (Fsp3) is 0.545. The number of nitrogen functional groups attached to an aromatic ring is 1. The molecule has 1 aromatic rings. The summed E-state index contributed by atoms with van der Waals surface area (Å²) in [5.74, 6) is 1.92. The minimum absolute atomic E-state index is 0.339. The number of anilines is 1. The van der Waals surface area contributed by atoms with Gasteiger partial charge in [0.1, 0.15) is 5.82 Å². The number of hydrogen-bond acceptors (Lipinski definition) is 4. The number of rotatable bonds is 3. The Morgan fingerprint density at radius 3 is 3.13 bits per heavy atom. The Morgan fingerprint density at radius 1 is 1.67 bits per heavy atom. The monoisotopic (exact) mass is 223 g/mol. The standard InChI is InChI=1S/C11H17N3S/c1-13-10(9-5-3-7-15-9)8-4-2-6-14-11(8)12/h2,4,6,9-10,13H,3,5,7H2,1H3,(H2,12,14). The van der Waals surface area contributed by atoms with Crippen LogP contribution in [0.4, 0.5) is 5.82 Å². The number of nitrogens with two attached hydrogens (primary N) is 1. The predicted octanol–water partition coefficient (Wildman–Crippen LogP) is 1.82. The van der Waals surface area contributed by atoms with Gasteiger partial charge in [0, 0.05) is 23.1 Å². The number of nitrogens with zero attached hydrogens (tertiary/aromatic N) is 1. The van der Waals surface area contributed by atoms with Crippen LogP contribution in [0.5, 0.6) is 0 Å². The molecule has 0 aromatic carbocycles. The molecule has 1 aliphatic heterocycles. The minimum atomic E-state index is 0.339. The summed E-state index contributed by atoms with van der Waals surface area (Å²) >= 11 is 2.03. The van der Waals surface area contributed by atoms with Crippen LogP contribution in [0.3, 0.4) is 0 Å². The summed E-state index contributed by atoms with van der Waals surface area (Å²) in [7, 11) is 2.00. The number of hydrogen-bond donors (Lipinski definition) is 2. The topological polar surface area (TPSA) is 50.9 Å². The fourth-order valence-electron chi connectivity index (χ4n) is 2.10. The van der Waals surface area contributed by atoms with Gasteiger partial charge in [-0.05, 0) is 31.7 Å². The second-order valence-corrected chi connectivity index (χ2v) is 5.14. The maximum absolute atomic E-state index is 5.90. The number of nitrogens with one attached hydrogen (secondary N) is 1. The van der Waals surface area contributed by atoms with Crippen molar-refractivity contribution < 1.29 is 0 Å². The highest BCUT2D eigenvalue weighted by Crippen LogP contribution is 2.36. The van der Waals surface area contributed by atoms with E-state index in [1.807, 2.05) is 24.9 Å². The van der Waals surface area contributed by atoms with Gasteiger partial charge in [0.15, 0.2) is 0 Å². The molecule has 3 N–H and O–H groups in total. The maximum Gasteiger partial charge on any atom is 0.128 e. The third-order valence-electron chi connectivity index (χ3n) is 2.85. The molecule has 0 aliphatic carbocycles. The van der Waals surface area contributed by atoms with Gasteiger partial charge in [-0.1, -0.05) is 6.07 Å². The highest BCUT2D eigenvalue weighted by Gasteiger charge is 2.27. The Hall–Kier alpha value is -0.740. The van der Waals surface area contributed by atoms with Gasteiger partial charge in [0.05, 0.1) is 0 Å². The molecule has 1 saturated heterocycles. The Balaban J connectivity index is 2.22. The van der Waals surface area contributed by atoms with Crippen LogP contribution in [0.25, 0.3) is 0 Å². The Bertz CT molecular complexity index is 323. The zero-order valence-corrected chi connectivity index (χ0v) is 9.76. The largest absolute Gasteiger partial charge is 0.383 e. The molecular weight excluding hydrogens is 206 g/mol. The quantitative estimate of drug-likeness (QED) is 0.820. The molecule has 0 saturated carbocycles. The first-order chi connectivity index (χ1) is 7.33. The van der Waals surface area contributed by atoms with E-state index < -0.39 is 0 Å². The molecule has 4 heteroatoms. The van der Waals surface area contributed by atoms with Crippen LogP contribution in [-0.2, 0) is 0 Å². The summed E-state index contributed by atoms with van der Waals surface area (Å²) in [6.45, 7) is 0. The average molecular weight is 223 g/mol. The van der Waals surface area contributed by atoms with E-state index >= 15 is 0 Å². The average Bonchev–Trinajstić information content (AvgIpc) is 2.75. The summed E-state index contributed by atoms with van der Waals surface area (Å²) in [5.41, 5.74) is 7.04. The van der Waals surface area contributed by atoms with Gasteiger partial charge >= 0.3 is 0 Å². The van der Waals surface area contributed by atoms with Gasteiger partial charge in [-0.2, -0.15) is 11.8 Å². The maximum atomic E-state index is 5.90. The third kappa shape index (κ3) is 2.26. The van der Waals surface area contributed by atoms with E-state index in [0.29, 0.717) is 17.1 Å². The molecule has 0 spiro atoms. The molecule has 1 fully saturated rings. The lowest BCUT2D eigenvalue weighted by molar-refractivity contribution is 0.552. The van der Waals surface area contributed by atoms with Crippen molar-refractivity contribution in [3.8, 4) is 0 Å². The first-order valence-corrected chi connectivity index (χ1v) is 6.37. The van der Waals surface area contributed by atoms with E-state index in [1.54, 1.807) is 6.20 Å². The normalized spacial score (nSPS) is 22.9. The predicted molar refractivity (Wildman–Crippen MR) is 65.9 cm³/mol. The first kappa shape index (κ1) is 10.8. The summed E-state index contributed by atoms with van der Waals surface area (Å²) in [6.07, 6.45) is 4.32. The number of thioether (sulfide) groups is 1. The van der Waals surface area contributed by atoms with Crippen LogP contribution in [0, 0.1) is 0 Å². The summed E-state index contributed by atoms with van der Waals surface area (Å²) < 4.78 is 0. The van der Waals surface area contributed by atoms with Crippen molar-refractivity contribution >= 4 is 17.6 Å². The van der Waals surface area contributed by atoms with Crippen molar-refractivity contribution in [3.63, 3.8) is 0 Å². The summed E-state index contributed by atoms with van der Waals surface area (Å²) in [6, 6.07) is 4.36. The van der Waals surface area contributed by atoms with Crippen molar-refractivity contribution in [2.75, 3.05) is 18.5 Å². The third-order valence-corrected chi connectivity index (χ3v) is 4.31. The Labute approximate surface area is 94.8 Å². The van der Waals surface area contributed by atoms with Crippen LogP contribution in [0.1, 0.15) is 24.4 Å². The number of pyridine rings is 1. The molecule has 1 aromatic heterocycles. The molecular formula is C11H17N3S. The molecule has 2 heterocycles. The molecule has 82 valence electrons. The highest BCUT2D eigenvalue weighted by atomic mass is 32.2. The van der Waals surface area contributed by atoms with E-state index in [9.17, 15) is 0 Å². The highest BCUT2D eigenvalue weighted by molar-refractivity contribution is 8.00. The van der Waals surface area contributed by atoms with Crippen molar-refractivity contribution in [1.82, 2.24) is 10.3 Å². The molecule has 0 amide bonds. The second-order valence-electron chi connectivity index (χ2n) is 3.80. The van der Waals surface area contributed by atoms with E-state index in [1.165, 1.54) is 18.6 Å². The summed E-state index contributed by atoms with van der Waals surface area (Å²) in [4.78, 5) is 4.15. The lowest BCUT2D eigenvalue weighted by Crippen LogP contribution is -2.26. The molecule has 2 unspecified atom stereocenters. The molecule has 0 bridgehead atoms. The summed E-state index contributed by atoms with van der Waals surface area (Å²) in [5, 5.41) is 4.00. The van der Waals surface area contributed by atoms with Crippen LogP contribution in [-0.4, -0.2) is 23.0 Å². The van der Waals surface area contributed by atoms with Gasteiger partial charge in [0.2, 0.25) is 0 Å². The smallest absolute Gasteiger partial charge is 0.128 e. The van der Waals surface area contributed by atoms with E-state index in [-0.39, 0.29) is 0 Å². The minimum Gasteiger partial charge on any atom is -0.383 e. The fourth-order valence-corrected chi connectivity index (χ4v) is 3.54. The van der Waals surface area contributed by atoms with E-state index in [2.05, 4.69) is 16.4 Å². The van der Waals surface area contributed by atoms with Crippen LogP contribution in [0.15, 0.2) is 18.3 Å². The lowest BCUT2D eigenvalue weighted by Gasteiger charge is -2.23. The lowest BCUT2D eigenvalue weighted by atomic mass is 10.0. The Kier molecular flexibility index (Phi) is 3.49. The van der Waals surface area contributed by atoms with Crippen molar-refractivity contribution in [2.24, 2.45) is 0 Å². The van der Waals surface area contributed by atoms with E-state index in [0.717, 1.165) is 5.56 Å². The van der Waals surface area contributed by atoms with Crippen LogP contribution in [0.2, 0.25) is 0 Å². The molecule has 2 atom stereocenters. The van der Waals surface area contributed by atoms with Gasteiger partial charge in [-0.25, -0.2) is 4.98 Å². The second kappa shape index (κ2) is 4.86. The zero-order chi connectivity index (χ0) is 10.7. The zero-order valence-electron chi connectivity index (χ0n) is 8.94. The van der Waals surface area contributed by atoms with Crippen molar-refractivity contribution in [3.05, 3.63) is 23.9 Å². The van der Waals surface area contributed by atoms with Gasteiger partial charge < -0.3 is 11.1 Å². The van der Waals surface area contributed by atoms with Gasteiger partial charge in [0.25, 0.3) is 0 Å². The molecule has 15 heavy (non-hydrogen) atoms. The number of aromatic nitrogens is 1. The molecule has 1 aliphatic rings. The van der Waals surface area contributed by atoms with Gasteiger partial charge in [-0.15, -0.1) is 0 Å². The van der Waals surface area contributed by atoms with Crippen molar-refractivity contribution in [1.29, 1.82) is 0 Å². The van der Waals surface area contributed by atoms with Gasteiger partial charge in [-0.3, -0.25) is 0 Å². The SMILES string of the molecule is CNC(c1cccnc1N)C1CCCS1. The van der Waals surface area contributed by atoms with E-state index in [4.69, 9.17) is 5.73 Å².